The number of thioether (sulfide) groups is 1. The van der Waals surface area contributed by atoms with Gasteiger partial charge in [-0.2, -0.15) is 5.26 Å². The zero-order chi connectivity index (χ0) is 22.5. The zero-order valence-electron chi connectivity index (χ0n) is 18.4. The van der Waals surface area contributed by atoms with Crippen molar-refractivity contribution in [2.24, 2.45) is 5.73 Å². The Hall–Kier alpha value is -2.96. The summed E-state index contributed by atoms with van der Waals surface area (Å²) in [5.74, 6) is 2.32. The fraction of sp³-hybridized carbons (Fsp3) is 0.435. The van der Waals surface area contributed by atoms with Crippen molar-refractivity contribution in [2.45, 2.75) is 49.9 Å². The molecule has 0 bridgehead atoms. The van der Waals surface area contributed by atoms with Gasteiger partial charge in [-0.3, -0.25) is 0 Å². The molecule has 2 heterocycles. The van der Waals surface area contributed by atoms with Gasteiger partial charge in [-0.05, 0) is 44.7 Å². The Bertz CT molecular complexity index is 1120. The lowest BCUT2D eigenvalue weighted by molar-refractivity contribution is 0.142. The molecule has 1 saturated carbocycles. The lowest BCUT2D eigenvalue weighted by Gasteiger charge is -2.27. The van der Waals surface area contributed by atoms with Crippen LogP contribution in [-0.4, -0.2) is 46.5 Å². The van der Waals surface area contributed by atoms with Gasteiger partial charge in [0.05, 0.1) is 30.4 Å². The first kappa shape index (κ1) is 22.2. The lowest BCUT2D eigenvalue weighted by Crippen LogP contribution is -2.31. The first-order valence-corrected chi connectivity index (χ1v) is 11.8. The second-order valence-electron chi connectivity index (χ2n) is 7.94. The molecule has 0 amide bonds. The number of aromatic nitrogens is 3. The van der Waals surface area contributed by atoms with Crippen molar-refractivity contribution < 1.29 is 9.47 Å². The highest BCUT2D eigenvalue weighted by atomic mass is 32.2. The van der Waals surface area contributed by atoms with Crippen molar-refractivity contribution in [2.75, 3.05) is 24.7 Å². The molecule has 0 aliphatic heterocycles. The monoisotopic (exact) mass is 452 g/mol. The average molecular weight is 453 g/mol. The van der Waals surface area contributed by atoms with Crippen molar-refractivity contribution in [3.05, 3.63) is 35.7 Å². The molecular weight excluding hydrogens is 424 g/mol. The summed E-state index contributed by atoms with van der Waals surface area (Å²) in [4.78, 5) is 12.0. The second kappa shape index (κ2) is 10.1. The average Bonchev–Trinajstić information content (AvgIpc) is 3.23. The Kier molecular flexibility index (Phi) is 7.02. The van der Waals surface area contributed by atoms with Crippen LogP contribution in [0.2, 0.25) is 0 Å². The molecule has 0 unspecified atom stereocenters. The third kappa shape index (κ3) is 5.09. The number of methoxy groups -OCH3 is 1. The number of nitrogens with two attached hydrogens (primary N) is 1. The maximum absolute atomic E-state index is 9.14. The number of aryl methyl sites for hydroxylation is 1. The molecule has 2 aromatic heterocycles. The number of ether oxygens (including phenoxy) is 2. The van der Waals surface area contributed by atoms with Gasteiger partial charge in [0.15, 0.2) is 16.7 Å². The third-order valence-corrected chi connectivity index (χ3v) is 6.57. The highest BCUT2D eigenvalue weighted by Crippen LogP contribution is 2.33. The van der Waals surface area contributed by atoms with Crippen LogP contribution in [0, 0.1) is 18.3 Å². The molecule has 168 valence electrons. The first-order chi connectivity index (χ1) is 15.6. The van der Waals surface area contributed by atoms with Crippen LogP contribution in [0.25, 0.3) is 11.0 Å². The van der Waals surface area contributed by atoms with E-state index >= 15 is 0 Å². The molecule has 8 nitrogen and oxygen atoms in total. The van der Waals surface area contributed by atoms with Gasteiger partial charge in [0.2, 0.25) is 0 Å². The number of nitriles is 1. The normalized spacial score (nSPS) is 18.3. The largest absolute Gasteiger partial charge is 0.493 e. The van der Waals surface area contributed by atoms with Gasteiger partial charge in [0.1, 0.15) is 11.8 Å². The Morgan fingerprint density at radius 1 is 1.28 bits per heavy atom. The Morgan fingerprint density at radius 3 is 2.84 bits per heavy atom. The number of nitrogens with zero attached hydrogens (tertiary/aromatic N) is 3. The van der Waals surface area contributed by atoms with Gasteiger partial charge < -0.3 is 25.5 Å². The topological polar surface area (TPSA) is 122 Å². The van der Waals surface area contributed by atoms with Crippen LogP contribution in [0.1, 0.15) is 36.9 Å². The second-order valence-corrected chi connectivity index (χ2v) is 9.03. The van der Waals surface area contributed by atoms with Crippen LogP contribution < -0.4 is 20.5 Å². The van der Waals surface area contributed by atoms with Crippen molar-refractivity contribution in [3.63, 3.8) is 0 Å². The summed E-state index contributed by atoms with van der Waals surface area (Å²) in [5, 5.41) is 13.4. The molecule has 1 aliphatic carbocycles. The standard InChI is InChI=1S/C23H28N6O2S/c1-14-18(12-24)27-13-19-22(14)29-23(28-19)32-10-9-26-16-5-8-20(30-2)21(11-16)31-17-6-3-15(25)4-7-17/h5,8,11,13,15,17,26H,3-4,6-7,9-10,25H2,1-2H3,(H,28,29). The minimum Gasteiger partial charge on any atom is -0.493 e. The maximum Gasteiger partial charge on any atom is 0.166 e. The van der Waals surface area contributed by atoms with Crippen molar-refractivity contribution >= 4 is 28.5 Å². The number of benzene rings is 1. The van der Waals surface area contributed by atoms with Crippen LogP contribution in [0.15, 0.2) is 29.6 Å². The summed E-state index contributed by atoms with van der Waals surface area (Å²) < 4.78 is 11.7. The van der Waals surface area contributed by atoms with Gasteiger partial charge >= 0.3 is 0 Å². The quantitative estimate of drug-likeness (QED) is 0.346. The molecule has 0 atom stereocenters. The van der Waals surface area contributed by atoms with Crippen molar-refractivity contribution in [3.8, 4) is 17.6 Å². The van der Waals surface area contributed by atoms with Crippen LogP contribution >= 0.6 is 11.8 Å². The van der Waals surface area contributed by atoms with E-state index in [1.165, 1.54) is 0 Å². The molecule has 1 aliphatic rings. The minimum absolute atomic E-state index is 0.182. The molecular formula is C23H28N6O2S. The number of H-pyrrole nitrogens is 1. The number of nitrogens with one attached hydrogen (secondary N) is 2. The van der Waals surface area contributed by atoms with Gasteiger partial charge in [-0.25, -0.2) is 9.97 Å². The van der Waals surface area contributed by atoms with Gasteiger partial charge in [0, 0.05) is 35.7 Å². The SMILES string of the molecule is COc1ccc(NCCSc2nc3c(C)c(C#N)ncc3[nH]2)cc1OC1CCC(N)CC1. The van der Waals surface area contributed by atoms with E-state index in [0.717, 1.165) is 76.9 Å². The molecule has 9 heteroatoms. The number of anilines is 1. The number of hydrogen-bond acceptors (Lipinski definition) is 8. The third-order valence-electron chi connectivity index (χ3n) is 5.70. The molecule has 1 aromatic carbocycles. The van der Waals surface area contributed by atoms with Gasteiger partial charge in [0.25, 0.3) is 0 Å². The molecule has 4 N–H and O–H groups in total. The molecule has 1 fully saturated rings. The summed E-state index contributed by atoms with van der Waals surface area (Å²) in [6.07, 6.45) is 5.79. The van der Waals surface area contributed by atoms with E-state index in [2.05, 4.69) is 26.3 Å². The lowest BCUT2D eigenvalue weighted by atomic mass is 9.94. The van der Waals surface area contributed by atoms with E-state index in [4.69, 9.17) is 20.5 Å². The highest BCUT2D eigenvalue weighted by Gasteiger charge is 2.21. The summed E-state index contributed by atoms with van der Waals surface area (Å²) >= 11 is 1.62. The van der Waals surface area contributed by atoms with Crippen LogP contribution in [0.3, 0.4) is 0 Å². The zero-order valence-corrected chi connectivity index (χ0v) is 19.2. The van der Waals surface area contributed by atoms with Crippen molar-refractivity contribution in [1.82, 2.24) is 15.0 Å². The smallest absolute Gasteiger partial charge is 0.166 e. The maximum atomic E-state index is 9.14. The number of hydrogen-bond donors (Lipinski definition) is 3. The van der Waals surface area contributed by atoms with Gasteiger partial charge in [-0.1, -0.05) is 11.8 Å². The van der Waals surface area contributed by atoms with E-state index in [1.54, 1.807) is 25.1 Å². The minimum atomic E-state index is 0.182. The molecule has 32 heavy (non-hydrogen) atoms. The first-order valence-electron chi connectivity index (χ1n) is 10.8. The van der Waals surface area contributed by atoms with E-state index < -0.39 is 0 Å². The molecule has 0 radical (unpaired) electrons. The van der Waals surface area contributed by atoms with Gasteiger partial charge in [-0.15, -0.1) is 0 Å². The fourth-order valence-electron chi connectivity index (χ4n) is 3.87. The van der Waals surface area contributed by atoms with Crippen LogP contribution in [0.4, 0.5) is 5.69 Å². The van der Waals surface area contributed by atoms with Crippen LogP contribution in [0.5, 0.6) is 11.5 Å². The van der Waals surface area contributed by atoms with E-state index in [-0.39, 0.29) is 6.10 Å². The van der Waals surface area contributed by atoms with Crippen LogP contribution in [-0.2, 0) is 0 Å². The van der Waals surface area contributed by atoms with E-state index in [0.29, 0.717) is 11.7 Å². The number of aromatic amines is 1. The predicted octanol–water partition coefficient (Wildman–Crippen LogP) is 4.00. The Labute approximate surface area is 191 Å². The molecule has 3 aromatic rings. The predicted molar refractivity (Wildman–Crippen MR) is 126 cm³/mol. The molecule has 0 spiro atoms. The van der Waals surface area contributed by atoms with E-state index in [1.807, 2.05) is 25.1 Å². The Balaban J connectivity index is 1.33. The summed E-state index contributed by atoms with van der Waals surface area (Å²) in [5.41, 5.74) is 9.85. The number of rotatable bonds is 8. The summed E-state index contributed by atoms with van der Waals surface area (Å²) in [7, 11) is 1.66. The molecule has 4 rings (SSSR count). The number of pyridine rings is 1. The summed E-state index contributed by atoms with van der Waals surface area (Å²) in [6, 6.07) is 8.32. The summed E-state index contributed by atoms with van der Waals surface area (Å²) in [6.45, 7) is 2.63. The van der Waals surface area contributed by atoms with Crippen molar-refractivity contribution in [1.29, 1.82) is 5.26 Å². The Morgan fingerprint density at radius 2 is 2.09 bits per heavy atom. The highest BCUT2D eigenvalue weighted by molar-refractivity contribution is 7.99. The molecule has 0 saturated heterocycles. The fourth-order valence-corrected chi connectivity index (χ4v) is 4.61. The number of imidazole rings is 1. The van der Waals surface area contributed by atoms with E-state index in [9.17, 15) is 0 Å². The number of fused-ring (bicyclic) bond motifs is 1.